The van der Waals surface area contributed by atoms with Crippen LogP contribution >= 0.6 is 0 Å². The van der Waals surface area contributed by atoms with Crippen molar-refractivity contribution < 1.29 is 14.7 Å². The van der Waals surface area contributed by atoms with Crippen LogP contribution in [-0.4, -0.2) is 21.8 Å². The summed E-state index contributed by atoms with van der Waals surface area (Å²) in [7, 11) is 0. The van der Waals surface area contributed by atoms with Gasteiger partial charge in [-0.1, -0.05) is 30.3 Å². The molecule has 2 N–H and O–H groups in total. The van der Waals surface area contributed by atoms with Crippen molar-refractivity contribution in [1.29, 1.82) is 0 Å². The van der Waals surface area contributed by atoms with Crippen LogP contribution in [0.2, 0.25) is 0 Å². The van der Waals surface area contributed by atoms with E-state index in [1.165, 1.54) is 12.3 Å². The number of aromatic carboxylic acids is 1. The molecule has 0 spiro atoms. The zero-order chi connectivity index (χ0) is 12.3. The highest BCUT2D eigenvalue weighted by Gasteiger charge is 2.12. The maximum absolute atomic E-state index is 11.8. The summed E-state index contributed by atoms with van der Waals surface area (Å²) in [6.07, 6.45) is 1.58. The van der Waals surface area contributed by atoms with Crippen LogP contribution in [0.15, 0.2) is 42.6 Å². The summed E-state index contributed by atoms with van der Waals surface area (Å²) >= 11 is 0. The Morgan fingerprint density at radius 1 is 1.18 bits per heavy atom. The number of ketones is 1. The Balaban J connectivity index is 2.12. The van der Waals surface area contributed by atoms with Gasteiger partial charge < -0.3 is 10.1 Å². The Bertz CT molecular complexity index is 543. The fourth-order valence-corrected chi connectivity index (χ4v) is 1.56. The van der Waals surface area contributed by atoms with Gasteiger partial charge in [-0.25, -0.2) is 4.79 Å². The minimum absolute atomic E-state index is 0.0985. The third kappa shape index (κ3) is 2.60. The molecule has 1 aromatic heterocycles. The molecule has 4 nitrogen and oxygen atoms in total. The van der Waals surface area contributed by atoms with Crippen LogP contribution in [0, 0.1) is 0 Å². The quantitative estimate of drug-likeness (QED) is 0.789. The molecular formula is C13H11NO3. The van der Waals surface area contributed by atoms with Gasteiger partial charge in [0.1, 0.15) is 0 Å². The van der Waals surface area contributed by atoms with Crippen molar-refractivity contribution in [1.82, 2.24) is 4.98 Å². The zero-order valence-corrected chi connectivity index (χ0v) is 9.01. The molecule has 0 aliphatic heterocycles. The van der Waals surface area contributed by atoms with Crippen molar-refractivity contribution in [3.05, 3.63) is 59.4 Å². The fourth-order valence-electron chi connectivity index (χ4n) is 1.56. The zero-order valence-electron chi connectivity index (χ0n) is 9.01. The van der Waals surface area contributed by atoms with Crippen molar-refractivity contribution in [2.24, 2.45) is 0 Å². The molecule has 0 fully saturated rings. The van der Waals surface area contributed by atoms with Crippen molar-refractivity contribution in [3.8, 4) is 0 Å². The van der Waals surface area contributed by atoms with E-state index in [9.17, 15) is 9.59 Å². The van der Waals surface area contributed by atoms with Crippen molar-refractivity contribution >= 4 is 11.8 Å². The van der Waals surface area contributed by atoms with Crippen molar-refractivity contribution in [2.45, 2.75) is 6.42 Å². The number of H-pyrrole nitrogens is 1. The van der Waals surface area contributed by atoms with Crippen LogP contribution in [0.3, 0.4) is 0 Å². The lowest BCUT2D eigenvalue weighted by molar-refractivity contribution is 0.0697. The first-order chi connectivity index (χ1) is 8.16. The van der Waals surface area contributed by atoms with Crippen LogP contribution in [0.25, 0.3) is 0 Å². The van der Waals surface area contributed by atoms with Crippen LogP contribution < -0.4 is 0 Å². The monoisotopic (exact) mass is 229 g/mol. The number of carbonyl (C=O) groups is 2. The average Bonchev–Trinajstić information content (AvgIpc) is 2.79. The van der Waals surface area contributed by atoms with Gasteiger partial charge in [0.2, 0.25) is 0 Å². The molecule has 1 aromatic carbocycles. The minimum Gasteiger partial charge on any atom is -0.478 e. The maximum Gasteiger partial charge on any atom is 0.337 e. The van der Waals surface area contributed by atoms with E-state index in [-0.39, 0.29) is 17.8 Å². The summed E-state index contributed by atoms with van der Waals surface area (Å²) in [4.78, 5) is 25.2. The van der Waals surface area contributed by atoms with Gasteiger partial charge in [-0.2, -0.15) is 0 Å². The summed E-state index contributed by atoms with van der Waals surface area (Å²) in [5.41, 5.74) is 1.33. The highest BCUT2D eigenvalue weighted by molar-refractivity contribution is 5.98. The molecule has 0 unspecified atom stereocenters. The Morgan fingerprint density at radius 2 is 1.88 bits per heavy atom. The van der Waals surface area contributed by atoms with Crippen molar-refractivity contribution in [2.75, 3.05) is 0 Å². The second kappa shape index (κ2) is 4.65. The van der Waals surface area contributed by atoms with E-state index in [2.05, 4.69) is 4.98 Å². The van der Waals surface area contributed by atoms with Gasteiger partial charge >= 0.3 is 5.97 Å². The van der Waals surface area contributed by atoms with E-state index in [0.29, 0.717) is 5.69 Å². The predicted molar refractivity (Wildman–Crippen MR) is 62.2 cm³/mol. The summed E-state index contributed by atoms with van der Waals surface area (Å²) < 4.78 is 0. The number of carbonyl (C=O) groups excluding carboxylic acids is 1. The lowest BCUT2D eigenvalue weighted by Gasteiger charge is -1.98. The summed E-state index contributed by atoms with van der Waals surface area (Å²) in [6.45, 7) is 0. The number of hydrogen-bond donors (Lipinski definition) is 2. The first-order valence-electron chi connectivity index (χ1n) is 5.15. The molecule has 0 radical (unpaired) electrons. The van der Waals surface area contributed by atoms with Gasteiger partial charge in [-0.05, 0) is 11.6 Å². The number of rotatable bonds is 4. The molecule has 86 valence electrons. The van der Waals surface area contributed by atoms with E-state index in [0.717, 1.165) is 5.56 Å². The molecular weight excluding hydrogens is 218 g/mol. The third-order valence-corrected chi connectivity index (χ3v) is 2.44. The van der Waals surface area contributed by atoms with Gasteiger partial charge in [0, 0.05) is 12.6 Å². The lowest BCUT2D eigenvalue weighted by atomic mass is 10.1. The Kier molecular flexibility index (Phi) is 3.05. The Hall–Kier alpha value is -2.36. The minimum atomic E-state index is -1.04. The van der Waals surface area contributed by atoms with E-state index < -0.39 is 5.97 Å². The predicted octanol–water partition coefficient (Wildman–Crippen LogP) is 2.14. The maximum atomic E-state index is 11.8. The summed E-state index contributed by atoms with van der Waals surface area (Å²) in [5.74, 6) is -1.16. The number of benzene rings is 1. The second-order valence-corrected chi connectivity index (χ2v) is 3.69. The number of aromatic amines is 1. The largest absolute Gasteiger partial charge is 0.478 e. The second-order valence-electron chi connectivity index (χ2n) is 3.69. The van der Waals surface area contributed by atoms with E-state index in [1.807, 2.05) is 30.3 Å². The molecule has 1 heterocycles. The molecule has 0 aliphatic rings. The van der Waals surface area contributed by atoms with E-state index in [1.54, 1.807) is 0 Å². The normalized spacial score (nSPS) is 10.1. The Morgan fingerprint density at radius 3 is 2.47 bits per heavy atom. The van der Waals surface area contributed by atoms with Crippen LogP contribution in [0.1, 0.15) is 26.4 Å². The van der Waals surface area contributed by atoms with Gasteiger partial charge in [-0.15, -0.1) is 0 Å². The van der Waals surface area contributed by atoms with E-state index >= 15 is 0 Å². The molecule has 0 amide bonds. The molecule has 0 atom stereocenters. The average molecular weight is 229 g/mol. The Labute approximate surface area is 97.9 Å². The summed E-state index contributed by atoms with van der Waals surface area (Å²) in [6, 6.07) is 10.7. The highest BCUT2D eigenvalue weighted by atomic mass is 16.4. The van der Waals surface area contributed by atoms with Crippen LogP contribution in [0.5, 0.6) is 0 Å². The van der Waals surface area contributed by atoms with Gasteiger partial charge in [0.05, 0.1) is 11.3 Å². The van der Waals surface area contributed by atoms with E-state index in [4.69, 9.17) is 5.11 Å². The number of Topliss-reactive ketones (excluding diaryl/α,β-unsaturated/α-hetero) is 1. The third-order valence-electron chi connectivity index (χ3n) is 2.44. The lowest BCUT2D eigenvalue weighted by Crippen LogP contribution is -2.03. The molecule has 0 saturated heterocycles. The van der Waals surface area contributed by atoms with Gasteiger partial charge in [0.15, 0.2) is 5.78 Å². The number of nitrogens with one attached hydrogen (secondary N) is 1. The van der Waals surface area contributed by atoms with Crippen LogP contribution in [0.4, 0.5) is 0 Å². The summed E-state index contributed by atoms with van der Waals surface area (Å²) in [5, 5.41) is 8.74. The number of hydrogen-bond acceptors (Lipinski definition) is 2. The SMILES string of the molecule is O=C(O)c1c[nH]c(C(=O)Cc2ccccc2)c1. The first-order valence-corrected chi connectivity index (χ1v) is 5.15. The molecule has 0 saturated carbocycles. The topological polar surface area (TPSA) is 70.2 Å². The molecule has 0 aliphatic carbocycles. The molecule has 2 rings (SSSR count). The molecule has 0 bridgehead atoms. The molecule has 4 heteroatoms. The smallest absolute Gasteiger partial charge is 0.337 e. The standard InChI is InChI=1S/C13H11NO3/c15-12(6-9-4-2-1-3-5-9)11-7-10(8-14-11)13(16)17/h1-5,7-8,14H,6H2,(H,16,17). The fraction of sp³-hybridized carbons (Fsp3) is 0.0769. The van der Waals surface area contributed by atoms with Crippen LogP contribution in [-0.2, 0) is 6.42 Å². The van der Waals surface area contributed by atoms with Gasteiger partial charge in [-0.3, -0.25) is 4.79 Å². The number of carboxylic acid groups (broad SMARTS) is 1. The number of carboxylic acids is 1. The van der Waals surface area contributed by atoms with Gasteiger partial charge in [0.25, 0.3) is 0 Å². The first kappa shape index (κ1) is 11.1. The number of aromatic nitrogens is 1. The molecule has 2 aromatic rings. The highest BCUT2D eigenvalue weighted by Crippen LogP contribution is 2.08. The van der Waals surface area contributed by atoms with Crippen molar-refractivity contribution in [3.63, 3.8) is 0 Å². The molecule has 17 heavy (non-hydrogen) atoms.